The SMILES string of the molecule is c1ccc(CCc2cc(-c3cccs3)n[nH]2)cc1. The molecule has 0 amide bonds. The van der Waals surface area contributed by atoms with Gasteiger partial charge in [0.15, 0.2) is 0 Å². The van der Waals surface area contributed by atoms with Gasteiger partial charge >= 0.3 is 0 Å². The van der Waals surface area contributed by atoms with E-state index in [1.807, 2.05) is 0 Å². The van der Waals surface area contributed by atoms with Crippen LogP contribution in [0.4, 0.5) is 0 Å². The predicted molar refractivity (Wildman–Crippen MR) is 75.8 cm³/mol. The fourth-order valence-electron chi connectivity index (χ4n) is 1.96. The van der Waals surface area contributed by atoms with Crippen LogP contribution in [0.15, 0.2) is 53.9 Å². The number of aromatic nitrogens is 2. The molecule has 1 N–H and O–H groups in total. The van der Waals surface area contributed by atoms with Crippen LogP contribution in [0.5, 0.6) is 0 Å². The number of aromatic amines is 1. The minimum Gasteiger partial charge on any atom is -0.282 e. The molecule has 0 atom stereocenters. The van der Waals surface area contributed by atoms with Gasteiger partial charge in [0, 0.05) is 5.69 Å². The minimum absolute atomic E-state index is 1.00. The van der Waals surface area contributed by atoms with Gasteiger partial charge in [-0.05, 0) is 35.9 Å². The zero-order valence-corrected chi connectivity index (χ0v) is 10.8. The zero-order valence-electron chi connectivity index (χ0n) is 9.97. The molecule has 3 aromatic rings. The van der Waals surface area contributed by atoms with E-state index in [9.17, 15) is 0 Å². The van der Waals surface area contributed by atoms with Crippen LogP contribution in [0.3, 0.4) is 0 Å². The molecule has 0 bridgehead atoms. The highest BCUT2D eigenvalue weighted by Crippen LogP contribution is 2.23. The van der Waals surface area contributed by atoms with E-state index in [2.05, 4.69) is 64.1 Å². The summed E-state index contributed by atoms with van der Waals surface area (Å²) in [5.74, 6) is 0. The second kappa shape index (κ2) is 5.19. The van der Waals surface area contributed by atoms with Crippen LogP contribution >= 0.6 is 11.3 Å². The van der Waals surface area contributed by atoms with Crippen LogP contribution in [0.2, 0.25) is 0 Å². The van der Waals surface area contributed by atoms with Gasteiger partial charge < -0.3 is 0 Å². The van der Waals surface area contributed by atoms with Crippen molar-refractivity contribution in [1.82, 2.24) is 10.2 Å². The van der Waals surface area contributed by atoms with Gasteiger partial charge in [0.25, 0.3) is 0 Å². The van der Waals surface area contributed by atoms with Gasteiger partial charge in [0.2, 0.25) is 0 Å². The number of nitrogens with zero attached hydrogens (tertiary/aromatic N) is 1. The molecule has 0 aliphatic rings. The van der Waals surface area contributed by atoms with Crippen molar-refractivity contribution in [1.29, 1.82) is 0 Å². The molecule has 0 aliphatic heterocycles. The first-order valence-corrected chi connectivity index (χ1v) is 6.92. The summed E-state index contributed by atoms with van der Waals surface area (Å²) in [5.41, 5.74) is 3.61. The molecule has 0 fully saturated rings. The molecule has 0 saturated carbocycles. The van der Waals surface area contributed by atoms with Gasteiger partial charge in [-0.3, -0.25) is 5.10 Å². The predicted octanol–water partition coefficient (Wildman–Crippen LogP) is 3.92. The molecule has 3 rings (SSSR count). The molecule has 2 nitrogen and oxygen atoms in total. The quantitative estimate of drug-likeness (QED) is 0.751. The lowest BCUT2D eigenvalue weighted by molar-refractivity contribution is 0.893. The van der Waals surface area contributed by atoms with Gasteiger partial charge in [0.1, 0.15) is 5.69 Å². The number of thiophene rings is 1. The first-order valence-electron chi connectivity index (χ1n) is 6.04. The fourth-order valence-corrected chi connectivity index (χ4v) is 2.65. The molecule has 0 aliphatic carbocycles. The van der Waals surface area contributed by atoms with E-state index in [-0.39, 0.29) is 0 Å². The average molecular weight is 254 g/mol. The maximum atomic E-state index is 4.36. The Morgan fingerprint density at radius 1 is 1.00 bits per heavy atom. The Bertz CT molecular complexity index is 596. The number of H-pyrrole nitrogens is 1. The van der Waals surface area contributed by atoms with E-state index in [0.29, 0.717) is 0 Å². The first-order chi connectivity index (χ1) is 8.92. The maximum Gasteiger partial charge on any atom is 0.102 e. The Hall–Kier alpha value is -1.87. The van der Waals surface area contributed by atoms with Crippen molar-refractivity contribution in [2.45, 2.75) is 12.8 Å². The molecule has 0 unspecified atom stereocenters. The minimum atomic E-state index is 1.00. The maximum absolute atomic E-state index is 4.36. The molecule has 0 saturated heterocycles. The number of nitrogens with one attached hydrogen (secondary N) is 1. The molecule has 2 heterocycles. The number of hydrogen-bond acceptors (Lipinski definition) is 2. The highest BCUT2D eigenvalue weighted by Gasteiger charge is 2.04. The molecule has 0 spiro atoms. The number of rotatable bonds is 4. The fraction of sp³-hybridized carbons (Fsp3) is 0.133. The van der Waals surface area contributed by atoms with Crippen LogP contribution in [0.1, 0.15) is 11.3 Å². The van der Waals surface area contributed by atoms with Gasteiger partial charge in [-0.1, -0.05) is 36.4 Å². The van der Waals surface area contributed by atoms with Crippen molar-refractivity contribution in [3.05, 3.63) is 65.2 Å². The molecular formula is C15H14N2S. The van der Waals surface area contributed by atoms with Crippen molar-refractivity contribution in [2.24, 2.45) is 0 Å². The third kappa shape index (κ3) is 2.51. The molecule has 1 aromatic carbocycles. The van der Waals surface area contributed by atoms with Crippen LogP contribution in [-0.4, -0.2) is 10.2 Å². The monoisotopic (exact) mass is 254 g/mol. The normalized spacial score (nSPS) is 10.7. The molecule has 3 heteroatoms. The van der Waals surface area contributed by atoms with E-state index in [1.54, 1.807) is 11.3 Å². The van der Waals surface area contributed by atoms with Crippen LogP contribution in [0.25, 0.3) is 10.6 Å². The largest absolute Gasteiger partial charge is 0.282 e. The standard InChI is InChI=1S/C15H14N2S/c1-2-5-12(6-3-1)8-9-13-11-14(17-16-13)15-7-4-10-18-15/h1-7,10-11H,8-9H2,(H,16,17). The van der Waals surface area contributed by atoms with Crippen molar-refractivity contribution in [2.75, 3.05) is 0 Å². The Kier molecular flexibility index (Phi) is 3.24. The van der Waals surface area contributed by atoms with E-state index in [0.717, 1.165) is 18.5 Å². The number of benzene rings is 1. The summed E-state index contributed by atoms with van der Waals surface area (Å²) < 4.78 is 0. The number of hydrogen-bond donors (Lipinski definition) is 1. The highest BCUT2D eigenvalue weighted by atomic mass is 32.1. The van der Waals surface area contributed by atoms with Gasteiger partial charge in [-0.2, -0.15) is 5.10 Å². The number of aryl methyl sites for hydroxylation is 2. The van der Waals surface area contributed by atoms with Gasteiger partial charge in [0.05, 0.1) is 4.88 Å². The van der Waals surface area contributed by atoms with E-state index < -0.39 is 0 Å². The summed E-state index contributed by atoms with van der Waals surface area (Å²) in [4.78, 5) is 1.22. The summed E-state index contributed by atoms with van der Waals surface area (Å²) >= 11 is 1.72. The Morgan fingerprint density at radius 3 is 2.67 bits per heavy atom. The molecule has 90 valence electrons. The lowest BCUT2D eigenvalue weighted by Gasteiger charge is -1.98. The Labute approximate surface area is 110 Å². The topological polar surface area (TPSA) is 28.7 Å². The Morgan fingerprint density at radius 2 is 1.89 bits per heavy atom. The molecule has 18 heavy (non-hydrogen) atoms. The average Bonchev–Trinajstić information content (AvgIpc) is 3.08. The summed E-state index contributed by atoms with van der Waals surface area (Å²) in [5, 5.41) is 9.55. The lowest BCUT2D eigenvalue weighted by Crippen LogP contribution is -1.90. The van der Waals surface area contributed by atoms with Crippen molar-refractivity contribution < 1.29 is 0 Å². The highest BCUT2D eigenvalue weighted by molar-refractivity contribution is 7.13. The Balaban J connectivity index is 1.68. The second-order valence-electron chi connectivity index (χ2n) is 4.24. The lowest BCUT2D eigenvalue weighted by atomic mass is 10.1. The van der Waals surface area contributed by atoms with E-state index >= 15 is 0 Å². The van der Waals surface area contributed by atoms with Crippen LogP contribution < -0.4 is 0 Å². The third-order valence-electron chi connectivity index (χ3n) is 2.93. The van der Waals surface area contributed by atoms with Crippen molar-refractivity contribution >= 4 is 11.3 Å². The van der Waals surface area contributed by atoms with Crippen LogP contribution in [0, 0.1) is 0 Å². The van der Waals surface area contributed by atoms with Crippen molar-refractivity contribution in [3.8, 4) is 10.6 Å². The molecular weight excluding hydrogens is 240 g/mol. The third-order valence-corrected chi connectivity index (χ3v) is 3.82. The summed E-state index contributed by atoms with van der Waals surface area (Å²) in [6.45, 7) is 0. The van der Waals surface area contributed by atoms with E-state index in [1.165, 1.54) is 16.1 Å². The molecule has 0 radical (unpaired) electrons. The van der Waals surface area contributed by atoms with Crippen molar-refractivity contribution in [3.63, 3.8) is 0 Å². The summed E-state index contributed by atoms with van der Waals surface area (Å²) in [7, 11) is 0. The smallest absolute Gasteiger partial charge is 0.102 e. The second-order valence-corrected chi connectivity index (χ2v) is 5.19. The van der Waals surface area contributed by atoms with Gasteiger partial charge in [-0.25, -0.2) is 0 Å². The summed E-state index contributed by atoms with van der Waals surface area (Å²) in [6, 6.07) is 16.8. The first kappa shape index (κ1) is 11.2. The van der Waals surface area contributed by atoms with E-state index in [4.69, 9.17) is 0 Å². The van der Waals surface area contributed by atoms with Crippen LogP contribution in [-0.2, 0) is 12.8 Å². The zero-order chi connectivity index (χ0) is 12.2. The van der Waals surface area contributed by atoms with Gasteiger partial charge in [-0.15, -0.1) is 11.3 Å². The summed E-state index contributed by atoms with van der Waals surface area (Å²) in [6.07, 6.45) is 2.05. The molecule has 2 aromatic heterocycles.